The second-order valence-corrected chi connectivity index (χ2v) is 7.99. The largest absolute Gasteiger partial charge is 0.494 e. The molecule has 0 aromatic heterocycles. The Bertz CT molecular complexity index is 1020. The molecule has 3 rings (SSSR count). The molecule has 0 aliphatic rings. The summed E-state index contributed by atoms with van der Waals surface area (Å²) in [6.45, 7) is 3.31. The van der Waals surface area contributed by atoms with Crippen LogP contribution in [0.4, 0.5) is 0 Å². The number of amides is 2. The highest BCUT2D eigenvalue weighted by atomic mass is 16.5. The molecule has 3 aromatic rings. The normalized spacial score (nSPS) is 10.4. The van der Waals surface area contributed by atoms with Gasteiger partial charge in [0.1, 0.15) is 18.1 Å². The average molecular weight is 461 g/mol. The third-order valence-corrected chi connectivity index (χ3v) is 5.29. The van der Waals surface area contributed by atoms with E-state index in [1.54, 1.807) is 48.5 Å². The van der Waals surface area contributed by atoms with Gasteiger partial charge in [0.25, 0.3) is 11.8 Å². The van der Waals surface area contributed by atoms with Gasteiger partial charge in [0.15, 0.2) is 0 Å². The molecule has 0 unspecified atom stereocenters. The third-order valence-electron chi connectivity index (χ3n) is 5.29. The summed E-state index contributed by atoms with van der Waals surface area (Å²) < 4.78 is 11.4. The molecule has 0 spiro atoms. The van der Waals surface area contributed by atoms with Crippen LogP contribution in [0.3, 0.4) is 0 Å². The first-order valence-electron chi connectivity index (χ1n) is 11.8. The molecular formula is C28H32N2O4. The summed E-state index contributed by atoms with van der Waals surface area (Å²) >= 11 is 0. The second kappa shape index (κ2) is 13.7. The van der Waals surface area contributed by atoms with E-state index in [9.17, 15) is 9.59 Å². The molecule has 34 heavy (non-hydrogen) atoms. The first-order chi connectivity index (χ1) is 16.7. The molecule has 0 fully saturated rings. The Morgan fingerprint density at radius 3 is 1.74 bits per heavy atom. The number of hydrazine groups is 1. The maximum absolute atomic E-state index is 12.4. The fourth-order valence-electron chi connectivity index (χ4n) is 3.30. The lowest BCUT2D eigenvalue weighted by Crippen LogP contribution is -2.41. The van der Waals surface area contributed by atoms with Crippen molar-refractivity contribution in [1.29, 1.82) is 0 Å². The van der Waals surface area contributed by atoms with E-state index in [1.807, 2.05) is 30.3 Å². The summed E-state index contributed by atoms with van der Waals surface area (Å²) in [6, 6.07) is 23.5. The van der Waals surface area contributed by atoms with Crippen LogP contribution in [0, 0.1) is 0 Å². The molecule has 6 nitrogen and oxygen atoms in total. The smallest absolute Gasteiger partial charge is 0.269 e. The second-order valence-electron chi connectivity index (χ2n) is 7.99. The lowest BCUT2D eigenvalue weighted by atomic mass is 10.2. The molecule has 0 saturated heterocycles. The van der Waals surface area contributed by atoms with Gasteiger partial charge in [-0.15, -0.1) is 0 Å². The predicted octanol–water partition coefficient (Wildman–Crippen LogP) is 5.69. The number of unbranched alkanes of at least 4 members (excludes halogenated alkanes) is 4. The molecule has 178 valence electrons. The number of carbonyl (C=O) groups excluding carboxylic acids is 2. The standard InChI is InChI=1S/C28H32N2O4/c1-2-3-4-5-9-20-33-25-16-12-23(13-17-25)27(31)29-30-28(32)24-14-18-26(19-15-24)34-21-22-10-7-6-8-11-22/h6-8,10-19H,2-5,9,20-21H2,1H3,(H,29,31)(H,30,32). The summed E-state index contributed by atoms with van der Waals surface area (Å²) in [5.41, 5.74) is 6.78. The lowest BCUT2D eigenvalue weighted by molar-refractivity contribution is 0.0846. The zero-order valence-corrected chi connectivity index (χ0v) is 19.6. The van der Waals surface area contributed by atoms with Crippen molar-refractivity contribution in [2.75, 3.05) is 6.61 Å². The Kier molecular flexibility index (Phi) is 9.99. The zero-order chi connectivity index (χ0) is 24.0. The van der Waals surface area contributed by atoms with Gasteiger partial charge in [0.05, 0.1) is 6.61 Å². The molecule has 0 aliphatic heterocycles. The predicted molar refractivity (Wildman–Crippen MR) is 133 cm³/mol. The molecule has 0 radical (unpaired) electrons. The van der Waals surface area contributed by atoms with Gasteiger partial charge in [-0.2, -0.15) is 0 Å². The molecule has 0 heterocycles. The Morgan fingerprint density at radius 1 is 0.647 bits per heavy atom. The third kappa shape index (κ3) is 8.28. The topological polar surface area (TPSA) is 76.7 Å². The molecule has 2 amide bonds. The minimum atomic E-state index is -0.411. The summed E-state index contributed by atoms with van der Waals surface area (Å²) in [5.74, 6) is 0.576. The van der Waals surface area contributed by atoms with E-state index in [0.29, 0.717) is 30.1 Å². The Morgan fingerprint density at radius 2 is 1.18 bits per heavy atom. The van der Waals surface area contributed by atoms with E-state index >= 15 is 0 Å². The van der Waals surface area contributed by atoms with Gasteiger partial charge in [0.2, 0.25) is 0 Å². The van der Waals surface area contributed by atoms with E-state index < -0.39 is 11.8 Å². The highest BCUT2D eigenvalue weighted by molar-refractivity contribution is 5.99. The van der Waals surface area contributed by atoms with Crippen molar-refractivity contribution in [3.63, 3.8) is 0 Å². The zero-order valence-electron chi connectivity index (χ0n) is 19.6. The van der Waals surface area contributed by atoms with Gasteiger partial charge >= 0.3 is 0 Å². The van der Waals surface area contributed by atoms with Crippen LogP contribution < -0.4 is 20.3 Å². The molecular weight excluding hydrogens is 428 g/mol. The van der Waals surface area contributed by atoms with E-state index in [1.165, 1.54) is 19.3 Å². The van der Waals surface area contributed by atoms with Gasteiger partial charge in [-0.05, 0) is 60.5 Å². The van der Waals surface area contributed by atoms with Gasteiger partial charge in [-0.1, -0.05) is 62.9 Å². The SMILES string of the molecule is CCCCCCCOc1ccc(C(=O)NNC(=O)c2ccc(OCc3ccccc3)cc2)cc1. The van der Waals surface area contributed by atoms with Gasteiger partial charge in [-0.25, -0.2) is 0 Å². The van der Waals surface area contributed by atoms with Crippen LogP contribution in [0.1, 0.15) is 65.3 Å². The monoisotopic (exact) mass is 460 g/mol. The molecule has 0 bridgehead atoms. The van der Waals surface area contributed by atoms with Crippen molar-refractivity contribution in [1.82, 2.24) is 10.9 Å². The minimum absolute atomic E-state index is 0.401. The highest BCUT2D eigenvalue weighted by Gasteiger charge is 2.10. The molecule has 3 aromatic carbocycles. The van der Waals surface area contributed by atoms with Crippen molar-refractivity contribution < 1.29 is 19.1 Å². The van der Waals surface area contributed by atoms with Crippen LogP contribution in [0.25, 0.3) is 0 Å². The Balaban J connectivity index is 1.39. The van der Waals surface area contributed by atoms with E-state index in [4.69, 9.17) is 9.47 Å². The number of carbonyl (C=O) groups is 2. The number of rotatable bonds is 12. The van der Waals surface area contributed by atoms with E-state index in [0.717, 1.165) is 24.2 Å². The number of ether oxygens (including phenoxy) is 2. The van der Waals surface area contributed by atoms with Crippen LogP contribution in [-0.2, 0) is 6.61 Å². The first-order valence-corrected chi connectivity index (χ1v) is 11.8. The summed E-state index contributed by atoms with van der Waals surface area (Å²) in [5, 5.41) is 0. The van der Waals surface area contributed by atoms with Crippen LogP contribution in [0.2, 0.25) is 0 Å². The minimum Gasteiger partial charge on any atom is -0.494 e. The number of hydrogen-bond donors (Lipinski definition) is 2. The Hall–Kier alpha value is -3.80. The fourth-order valence-corrected chi connectivity index (χ4v) is 3.30. The van der Waals surface area contributed by atoms with Crippen molar-refractivity contribution in [2.45, 2.75) is 45.6 Å². The summed E-state index contributed by atoms with van der Waals surface area (Å²) in [4.78, 5) is 24.7. The maximum atomic E-state index is 12.4. The molecule has 0 atom stereocenters. The average Bonchev–Trinajstić information content (AvgIpc) is 2.89. The first kappa shape index (κ1) is 24.8. The van der Waals surface area contributed by atoms with Crippen molar-refractivity contribution >= 4 is 11.8 Å². The van der Waals surface area contributed by atoms with Crippen LogP contribution in [0.5, 0.6) is 11.5 Å². The van der Waals surface area contributed by atoms with Crippen molar-refractivity contribution in [3.8, 4) is 11.5 Å². The molecule has 2 N–H and O–H groups in total. The molecule has 6 heteroatoms. The summed E-state index contributed by atoms with van der Waals surface area (Å²) in [6.07, 6.45) is 5.90. The van der Waals surface area contributed by atoms with Crippen molar-refractivity contribution in [2.24, 2.45) is 0 Å². The van der Waals surface area contributed by atoms with Gasteiger partial charge in [-0.3, -0.25) is 20.4 Å². The number of hydrogen-bond acceptors (Lipinski definition) is 4. The lowest BCUT2D eigenvalue weighted by Gasteiger charge is -2.10. The van der Waals surface area contributed by atoms with E-state index in [2.05, 4.69) is 17.8 Å². The van der Waals surface area contributed by atoms with Crippen molar-refractivity contribution in [3.05, 3.63) is 95.6 Å². The Labute approximate surface area is 201 Å². The molecule has 0 aliphatic carbocycles. The summed E-state index contributed by atoms with van der Waals surface area (Å²) in [7, 11) is 0. The number of nitrogens with one attached hydrogen (secondary N) is 2. The fraction of sp³-hybridized carbons (Fsp3) is 0.286. The van der Waals surface area contributed by atoms with Crippen LogP contribution in [-0.4, -0.2) is 18.4 Å². The number of benzene rings is 3. The van der Waals surface area contributed by atoms with Gasteiger partial charge in [0, 0.05) is 11.1 Å². The van der Waals surface area contributed by atoms with Crippen LogP contribution >= 0.6 is 0 Å². The highest BCUT2D eigenvalue weighted by Crippen LogP contribution is 2.15. The maximum Gasteiger partial charge on any atom is 0.269 e. The van der Waals surface area contributed by atoms with Crippen LogP contribution in [0.15, 0.2) is 78.9 Å². The van der Waals surface area contributed by atoms with E-state index in [-0.39, 0.29) is 0 Å². The van der Waals surface area contributed by atoms with Gasteiger partial charge < -0.3 is 9.47 Å². The quantitative estimate of drug-likeness (QED) is 0.269. The molecule has 0 saturated carbocycles.